The number of halogens is 2. The lowest BCUT2D eigenvalue weighted by Crippen LogP contribution is -2.36. The number of nitrogens with two attached hydrogens (primary N) is 1. The summed E-state index contributed by atoms with van der Waals surface area (Å²) in [4.78, 5) is 23.2. The number of carbonyl (C=O) groups excluding carboxylic acids is 1. The van der Waals surface area contributed by atoms with Gasteiger partial charge in [-0.3, -0.25) is 0 Å². The average molecular weight is 474 g/mol. The third-order valence-corrected chi connectivity index (χ3v) is 5.77. The maximum absolute atomic E-state index is 12.7. The van der Waals surface area contributed by atoms with Crippen LogP contribution in [0.3, 0.4) is 0 Å². The van der Waals surface area contributed by atoms with Crippen molar-refractivity contribution in [2.45, 2.75) is 40.3 Å². The summed E-state index contributed by atoms with van der Waals surface area (Å²) in [6, 6.07) is 3.16. The number of allylic oxidation sites excluding steroid dienone is 3. The van der Waals surface area contributed by atoms with E-state index < -0.39 is 0 Å². The Morgan fingerprint density at radius 2 is 2.00 bits per heavy atom. The largest absolute Gasteiger partial charge is 0.493 e. The van der Waals surface area contributed by atoms with Gasteiger partial charge in [-0.2, -0.15) is 0 Å². The van der Waals surface area contributed by atoms with Crippen molar-refractivity contribution in [1.29, 1.82) is 0 Å². The highest BCUT2D eigenvalue weighted by molar-refractivity contribution is 6.37. The lowest BCUT2D eigenvalue weighted by molar-refractivity contribution is 0.201. The molecule has 9 heteroatoms. The molecule has 0 fully saturated rings. The Morgan fingerprint density at radius 3 is 2.66 bits per heavy atom. The molecule has 0 radical (unpaired) electrons. The van der Waals surface area contributed by atoms with E-state index in [1.807, 2.05) is 18.2 Å². The number of amides is 2. The van der Waals surface area contributed by atoms with Gasteiger partial charge in [0.25, 0.3) is 0 Å². The highest BCUT2D eigenvalue weighted by Gasteiger charge is 2.31. The van der Waals surface area contributed by atoms with Crippen LogP contribution in [-0.2, 0) is 13.1 Å². The van der Waals surface area contributed by atoms with Crippen molar-refractivity contribution in [3.63, 3.8) is 0 Å². The van der Waals surface area contributed by atoms with Gasteiger partial charge < -0.3 is 20.7 Å². The van der Waals surface area contributed by atoms with E-state index in [9.17, 15) is 4.79 Å². The molecule has 3 N–H and O–H groups in total. The molecule has 7 nitrogen and oxygen atoms in total. The first kappa shape index (κ1) is 22.4. The van der Waals surface area contributed by atoms with Crippen molar-refractivity contribution in [1.82, 2.24) is 20.2 Å². The summed E-state index contributed by atoms with van der Waals surface area (Å²) >= 11 is 12.9. The Morgan fingerprint density at radius 1 is 1.25 bits per heavy atom. The third kappa shape index (κ3) is 4.84. The highest BCUT2D eigenvalue weighted by atomic mass is 35.5. The Kier molecular flexibility index (Phi) is 6.05. The molecule has 0 atom stereocenters. The van der Waals surface area contributed by atoms with Crippen LogP contribution in [-0.4, -0.2) is 27.5 Å². The Hall–Kier alpha value is -2.77. The molecule has 2 aromatic rings. The van der Waals surface area contributed by atoms with Crippen LogP contribution in [0, 0.1) is 5.41 Å². The number of fused-ring (bicyclic) bond motifs is 1. The van der Waals surface area contributed by atoms with E-state index in [1.165, 1.54) is 0 Å². The zero-order valence-electron chi connectivity index (χ0n) is 18.2. The number of ether oxygens (including phenoxy) is 1. The van der Waals surface area contributed by atoms with Gasteiger partial charge in [0, 0.05) is 16.3 Å². The minimum absolute atomic E-state index is 0.109. The lowest BCUT2D eigenvalue weighted by Gasteiger charge is -2.20. The van der Waals surface area contributed by atoms with Gasteiger partial charge in [-0.15, -0.1) is 0 Å². The summed E-state index contributed by atoms with van der Waals surface area (Å²) in [6.07, 6.45) is 6.37. The summed E-state index contributed by atoms with van der Waals surface area (Å²) in [5.41, 5.74) is 9.53. The van der Waals surface area contributed by atoms with Gasteiger partial charge in [-0.25, -0.2) is 14.8 Å². The number of benzene rings is 1. The Bertz CT molecular complexity index is 1140. The number of urea groups is 1. The van der Waals surface area contributed by atoms with Crippen molar-refractivity contribution < 1.29 is 9.53 Å². The van der Waals surface area contributed by atoms with Crippen LogP contribution in [0.4, 0.5) is 10.7 Å². The lowest BCUT2D eigenvalue weighted by atomic mass is 9.93. The van der Waals surface area contributed by atoms with E-state index in [4.69, 9.17) is 33.7 Å². The topological polar surface area (TPSA) is 93.4 Å². The number of nitrogens with zero attached hydrogens (tertiary/aromatic N) is 3. The molecular weight excluding hydrogens is 449 g/mol. The van der Waals surface area contributed by atoms with E-state index in [-0.39, 0.29) is 17.4 Å². The second kappa shape index (κ2) is 8.64. The number of nitrogens with one attached hydrogen (secondary N) is 1. The van der Waals surface area contributed by atoms with Gasteiger partial charge in [0.15, 0.2) is 0 Å². The predicted octanol–water partition coefficient (Wildman–Crippen LogP) is 5.33. The van der Waals surface area contributed by atoms with Crippen LogP contribution in [0.2, 0.25) is 10.0 Å². The predicted molar refractivity (Wildman–Crippen MR) is 126 cm³/mol. The summed E-state index contributed by atoms with van der Waals surface area (Å²) < 4.78 is 6.10. The van der Waals surface area contributed by atoms with Crippen LogP contribution < -0.4 is 15.8 Å². The zero-order valence-corrected chi connectivity index (χ0v) is 19.7. The van der Waals surface area contributed by atoms with E-state index in [0.29, 0.717) is 52.4 Å². The molecule has 0 unspecified atom stereocenters. The fourth-order valence-electron chi connectivity index (χ4n) is 3.46. The van der Waals surface area contributed by atoms with Crippen molar-refractivity contribution in [2.24, 2.45) is 5.41 Å². The smallest absolute Gasteiger partial charge is 0.322 e. The molecule has 0 spiro atoms. The maximum Gasteiger partial charge on any atom is 0.322 e. The van der Waals surface area contributed by atoms with Crippen LogP contribution in [0.15, 0.2) is 36.1 Å². The highest BCUT2D eigenvalue weighted by Crippen LogP contribution is 2.42. The van der Waals surface area contributed by atoms with E-state index in [1.54, 1.807) is 17.0 Å². The summed E-state index contributed by atoms with van der Waals surface area (Å²) in [5.74, 6) is 0.636. The molecule has 0 saturated carbocycles. The summed E-state index contributed by atoms with van der Waals surface area (Å²) in [7, 11) is 0. The first-order valence-corrected chi connectivity index (χ1v) is 11.1. The maximum atomic E-state index is 12.7. The van der Waals surface area contributed by atoms with Gasteiger partial charge in [0.05, 0.1) is 41.7 Å². The molecule has 1 aromatic heterocycles. The number of nitrogen functional groups attached to an aromatic ring is 1. The molecule has 32 heavy (non-hydrogen) atoms. The molecular formula is C23H25Cl2N5O2. The van der Waals surface area contributed by atoms with Gasteiger partial charge in [-0.05, 0) is 36.1 Å². The summed E-state index contributed by atoms with van der Waals surface area (Å²) in [6.45, 7) is 7.59. The number of aromatic nitrogens is 2. The SMILES string of the molecule is CC(C)(C)CCOc1cc(Cl)cc(Cl)c1-c1nc(N)nc2c1CN(C(=O)NC1=CC=C1)C2. The van der Waals surface area contributed by atoms with Crippen LogP contribution in [0.25, 0.3) is 11.3 Å². The normalized spacial score (nSPS) is 14.7. The number of hydrogen-bond acceptors (Lipinski definition) is 5. The van der Waals surface area contributed by atoms with Gasteiger partial charge in [0.2, 0.25) is 5.95 Å². The molecule has 0 bridgehead atoms. The molecule has 2 amide bonds. The monoisotopic (exact) mass is 473 g/mol. The first-order valence-electron chi connectivity index (χ1n) is 10.3. The van der Waals surface area contributed by atoms with Gasteiger partial charge in [0.1, 0.15) is 5.75 Å². The van der Waals surface area contributed by atoms with Crippen molar-refractivity contribution in [3.05, 3.63) is 57.4 Å². The summed E-state index contributed by atoms with van der Waals surface area (Å²) in [5, 5.41) is 3.72. The molecule has 4 rings (SSSR count). The van der Waals surface area contributed by atoms with E-state index >= 15 is 0 Å². The number of hydrogen-bond donors (Lipinski definition) is 2. The first-order chi connectivity index (χ1) is 15.1. The minimum atomic E-state index is -0.216. The standard InChI is InChI=1S/C23H25Cl2N5O2/c1-23(2,3)7-8-32-18-10-13(24)9-16(25)19(18)20-15-11-30(12-17(15)28-21(26)29-20)22(31)27-14-5-4-6-14/h4-6,9-10H,7-8,11-12H2,1-3H3,(H,27,31)(H2,26,28,29). The van der Waals surface area contributed by atoms with E-state index in [0.717, 1.165) is 17.7 Å². The van der Waals surface area contributed by atoms with Crippen LogP contribution >= 0.6 is 23.2 Å². The molecule has 1 aliphatic carbocycles. The van der Waals surface area contributed by atoms with Gasteiger partial charge in [-0.1, -0.05) is 50.0 Å². The molecule has 1 aromatic carbocycles. The van der Waals surface area contributed by atoms with Crippen molar-refractivity contribution in [2.75, 3.05) is 12.3 Å². The Labute approximate surface area is 197 Å². The molecule has 168 valence electrons. The minimum Gasteiger partial charge on any atom is -0.493 e. The molecule has 2 aliphatic rings. The second-order valence-corrected chi connectivity index (χ2v) is 9.89. The molecule has 2 heterocycles. The zero-order chi connectivity index (χ0) is 23.0. The van der Waals surface area contributed by atoms with Crippen molar-refractivity contribution in [3.8, 4) is 17.0 Å². The molecule has 0 saturated heterocycles. The second-order valence-electron chi connectivity index (χ2n) is 9.04. The fourth-order valence-corrected chi connectivity index (χ4v) is 4.03. The average Bonchev–Trinajstić information content (AvgIpc) is 3.07. The quantitative estimate of drug-likeness (QED) is 0.611. The van der Waals surface area contributed by atoms with Gasteiger partial charge >= 0.3 is 6.03 Å². The Balaban J connectivity index is 1.67. The molecule has 1 aliphatic heterocycles. The van der Waals surface area contributed by atoms with Crippen LogP contribution in [0.1, 0.15) is 38.4 Å². The van der Waals surface area contributed by atoms with E-state index in [2.05, 4.69) is 36.1 Å². The number of anilines is 1. The fraction of sp³-hybridized carbons (Fsp3) is 0.348. The number of rotatable bonds is 5. The third-order valence-electron chi connectivity index (χ3n) is 5.25. The number of carbonyl (C=O) groups is 1. The van der Waals surface area contributed by atoms with Crippen molar-refractivity contribution >= 4 is 35.2 Å². The van der Waals surface area contributed by atoms with Crippen LogP contribution in [0.5, 0.6) is 5.75 Å².